The summed E-state index contributed by atoms with van der Waals surface area (Å²) in [4.78, 5) is 17.3. The molecule has 0 radical (unpaired) electrons. The van der Waals surface area contributed by atoms with E-state index in [-0.39, 0.29) is 5.91 Å². The number of aryl methyl sites for hydroxylation is 1. The first-order valence-corrected chi connectivity index (χ1v) is 8.15. The molecular weight excluding hydrogens is 372 g/mol. The first-order chi connectivity index (χ1) is 10.1. The molecule has 1 amide bonds. The molecule has 0 saturated heterocycles. The Labute approximate surface area is 139 Å². The van der Waals surface area contributed by atoms with Crippen molar-refractivity contribution in [3.8, 4) is 0 Å². The second kappa shape index (κ2) is 5.75. The van der Waals surface area contributed by atoms with Crippen molar-refractivity contribution >= 4 is 61.4 Å². The van der Waals surface area contributed by atoms with Crippen LogP contribution in [0.25, 0.3) is 10.9 Å². The number of rotatable bonds is 2. The Bertz CT molecular complexity index is 827. The van der Waals surface area contributed by atoms with Gasteiger partial charge in [-0.25, -0.2) is 0 Å². The molecule has 3 nitrogen and oxygen atoms in total. The van der Waals surface area contributed by atoms with Gasteiger partial charge < -0.3 is 5.32 Å². The van der Waals surface area contributed by atoms with E-state index < -0.39 is 0 Å². The SMILES string of the molecule is Cc1cc(C(=O)Nc2ccc(Cl)c3cccnc23)sc1Br. The maximum absolute atomic E-state index is 12.3. The number of nitrogens with zero attached hydrogens (tertiary/aromatic N) is 1. The summed E-state index contributed by atoms with van der Waals surface area (Å²) in [5, 5.41) is 4.33. The molecule has 6 heteroatoms. The van der Waals surface area contributed by atoms with Gasteiger partial charge in [0.15, 0.2) is 0 Å². The Morgan fingerprint density at radius 2 is 2.19 bits per heavy atom. The third-order valence-corrected chi connectivity index (χ3v) is 5.51. The highest BCUT2D eigenvalue weighted by Gasteiger charge is 2.13. The number of halogens is 2. The van der Waals surface area contributed by atoms with Crippen molar-refractivity contribution in [1.29, 1.82) is 0 Å². The Balaban J connectivity index is 1.98. The van der Waals surface area contributed by atoms with Gasteiger partial charge >= 0.3 is 0 Å². The van der Waals surface area contributed by atoms with Gasteiger partial charge in [0.1, 0.15) is 0 Å². The molecule has 3 rings (SSSR count). The zero-order valence-corrected chi connectivity index (χ0v) is 14.1. The van der Waals surface area contributed by atoms with Crippen LogP contribution in [0.2, 0.25) is 5.02 Å². The molecule has 3 aromatic rings. The number of amides is 1. The van der Waals surface area contributed by atoms with Crippen LogP contribution in [-0.4, -0.2) is 10.9 Å². The monoisotopic (exact) mass is 380 g/mol. The lowest BCUT2D eigenvalue weighted by Crippen LogP contribution is -2.10. The van der Waals surface area contributed by atoms with Crippen molar-refractivity contribution in [3.63, 3.8) is 0 Å². The van der Waals surface area contributed by atoms with Crippen LogP contribution in [0, 0.1) is 6.92 Å². The van der Waals surface area contributed by atoms with E-state index in [1.807, 2.05) is 25.1 Å². The highest BCUT2D eigenvalue weighted by atomic mass is 79.9. The normalized spacial score (nSPS) is 10.8. The van der Waals surface area contributed by atoms with E-state index in [1.165, 1.54) is 11.3 Å². The van der Waals surface area contributed by atoms with Crippen LogP contribution in [-0.2, 0) is 0 Å². The van der Waals surface area contributed by atoms with Gasteiger partial charge in [-0.05, 0) is 58.7 Å². The van der Waals surface area contributed by atoms with Crippen LogP contribution < -0.4 is 5.32 Å². The van der Waals surface area contributed by atoms with Gasteiger partial charge in [0, 0.05) is 11.6 Å². The molecule has 0 aliphatic rings. The molecule has 0 spiro atoms. The number of thiophene rings is 1. The van der Waals surface area contributed by atoms with Crippen molar-refractivity contribution in [1.82, 2.24) is 4.98 Å². The predicted molar refractivity (Wildman–Crippen MR) is 91.5 cm³/mol. The number of pyridine rings is 1. The summed E-state index contributed by atoms with van der Waals surface area (Å²) >= 11 is 11.0. The van der Waals surface area contributed by atoms with E-state index in [1.54, 1.807) is 18.3 Å². The van der Waals surface area contributed by atoms with Crippen molar-refractivity contribution in [3.05, 3.63) is 55.8 Å². The number of hydrogen-bond donors (Lipinski definition) is 1. The molecule has 0 aliphatic heterocycles. The molecule has 1 aromatic carbocycles. The maximum atomic E-state index is 12.3. The Morgan fingerprint density at radius 3 is 2.90 bits per heavy atom. The van der Waals surface area contributed by atoms with Gasteiger partial charge in [-0.3, -0.25) is 9.78 Å². The van der Waals surface area contributed by atoms with Crippen LogP contribution in [0.1, 0.15) is 15.2 Å². The average molecular weight is 382 g/mol. The molecule has 0 saturated carbocycles. The molecule has 2 heterocycles. The summed E-state index contributed by atoms with van der Waals surface area (Å²) in [6.45, 7) is 1.95. The average Bonchev–Trinajstić information content (AvgIpc) is 2.82. The van der Waals surface area contributed by atoms with Crippen molar-refractivity contribution in [2.45, 2.75) is 6.92 Å². The number of anilines is 1. The van der Waals surface area contributed by atoms with Crippen LogP contribution in [0.15, 0.2) is 40.3 Å². The van der Waals surface area contributed by atoms with E-state index in [9.17, 15) is 4.79 Å². The fourth-order valence-corrected chi connectivity index (χ4v) is 3.64. The number of benzene rings is 1. The van der Waals surface area contributed by atoms with Gasteiger partial charge in [-0.1, -0.05) is 11.6 Å². The van der Waals surface area contributed by atoms with Gasteiger partial charge in [0.05, 0.1) is 24.9 Å². The fourth-order valence-electron chi connectivity index (χ4n) is 1.99. The summed E-state index contributed by atoms with van der Waals surface area (Å²) < 4.78 is 0.965. The Kier molecular flexibility index (Phi) is 3.97. The van der Waals surface area contributed by atoms with Gasteiger partial charge in [0.2, 0.25) is 0 Å². The number of aromatic nitrogens is 1. The smallest absolute Gasteiger partial charge is 0.265 e. The summed E-state index contributed by atoms with van der Waals surface area (Å²) in [5.74, 6) is -0.150. The number of carbonyl (C=O) groups excluding carboxylic acids is 1. The molecule has 0 unspecified atom stereocenters. The molecule has 0 fully saturated rings. The zero-order chi connectivity index (χ0) is 15.0. The molecule has 0 aliphatic carbocycles. The first kappa shape index (κ1) is 14.5. The van der Waals surface area contributed by atoms with Gasteiger partial charge in [0.25, 0.3) is 5.91 Å². The molecular formula is C15H10BrClN2OS. The number of fused-ring (bicyclic) bond motifs is 1. The van der Waals surface area contributed by atoms with E-state index in [0.717, 1.165) is 14.7 Å². The van der Waals surface area contributed by atoms with E-state index in [4.69, 9.17) is 11.6 Å². The fraction of sp³-hybridized carbons (Fsp3) is 0.0667. The van der Waals surface area contributed by atoms with Crippen LogP contribution >= 0.6 is 38.9 Å². The number of nitrogens with one attached hydrogen (secondary N) is 1. The molecule has 21 heavy (non-hydrogen) atoms. The molecule has 2 aromatic heterocycles. The molecule has 106 valence electrons. The van der Waals surface area contributed by atoms with Crippen molar-refractivity contribution in [2.24, 2.45) is 0 Å². The van der Waals surface area contributed by atoms with E-state index in [0.29, 0.717) is 21.1 Å². The van der Waals surface area contributed by atoms with Gasteiger partial charge in [-0.15, -0.1) is 11.3 Å². The third kappa shape index (κ3) is 2.81. The Hall–Kier alpha value is -1.43. The third-order valence-electron chi connectivity index (χ3n) is 3.05. The minimum absolute atomic E-state index is 0.150. The lowest BCUT2D eigenvalue weighted by Gasteiger charge is -2.08. The predicted octanol–water partition coefficient (Wildman–Crippen LogP) is 5.27. The standard InChI is InChI=1S/C15H10BrClN2OS/c1-8-7-12(21-14(8)16)15(20)19-11-5-4-10(17)9-3-2-6-18-13(9)11/h2-7H,1H3,(H,19,20). The number of carbonyl (C=O) groups is 1. The van der Waals surface area contributed by atoms with E-state index >= 15 is 0 Å². The zero-order valence-electron chi connectivity index (χ0n) is 11.0. The topological polar surface area (TPSA) is 42.0 Å². The Morgan fingerprint density at radius 1 is 1.38 bits per heavy atom. The minimum atomic E-state index is -0.150. The lowest BCUT2D eigenvalue weighted by molar-refractivity contribution is 0.103. The van der Waals surface area contributed by atoms with Crippen LogP contribution in [0.5, 0.6) is 0 Å². The summed E-state index contributed by atoms with van der Waals surface area (Å²) in [5.41, 5.74) is 2.39. The minimum Gasteiger partial charge on any atom is -0.319 e. The van der Waals surface area contributed by atoms with Crippen LogP contribution in [0.4, 0.5) is 5.69 Å². The molecule has 1 N–H and O–H groups in total. The van der Waals surface area contributed by atoms with E-state index in [2.05, 4.69) is 26.2 Å². The maximum Gasteiger partial charge on any atom is 0.265 e. The second-order valence-corrected chi connectivity index (χ2v) is 7.29. The summed E-state index contributed by atoms with van der Waals surface area (Å²) in [7, 11) is 0. The highest BCUT2D eigenvalue weighted by Crippen LogP contribution is 2.30. The first-order valence-electron chi connectivity index (χ1n) is 6.17. The molecule has 0 atom stereocenters. The lowest BCUT2D eigenvalue weighted by atomic mass is 10.2. The molecule has 0 bridgehead atoms. The summed E-state index contributed by atoms with van der Waals surface area (Å²) in [6.07, 6.45) is 1.68. The quantitative estimate of drug-likeness (QED) is 0.657. The summed E-state index contributed by atoms with van der Waals surface area (Å²) in [6, 6.07) is 9.09. The van der Waals surface area contributed by atoms with Gasteiger partial charge in [-0.2, -0.15) is 0 Å². The highest BCUT2D eigenvalue weighted by molar-refractivity contribution is 9.11. The second-order valence-electron chi connectivity index (χ2n) is 4.52. The largest absolute Gasteiger partial charge is 0.319 e. The number of hydrogen-bond acceptors (Lipinski definition) is 3. The van der Waals surface area contributed by atoms with Crippen molar-refractivity contribution < 1.29 is 4.79 Å². The van der Waals surface area contributed by atoms with Crippen molar-refractivity contribution in [2.75, 3.05) is 5.32 Å². The van der Waals surface area contributed by atoms with Crippen LogP contribution in [0.3, 0.4) is 0 Å².